The third kappa shape index (κ3) is 4.35. The van der Waals surface area contributed by atoms with Gasteiger partial charge in [0.05, 0.1) is 6.61 Å². The number of H-pyrrole nitrogens is 1. The average molecular weight is 389 g/mol. The van der Waals surface area contributed by atoms with E-state index in [1.807, 2.05) is 30.0 Å². The molecule has 1 fully saturated rings. The normalized spacial score (nSPS) is 13.9. The lowest BCUT2D eigenvalue weighted by molar-refractivity contribution is -0.117. The van der Waals surface area contributed by atoms with Gasteiger partial charge in [0.25, 0.3) is 0 Å². The van der Waals surface area contributed by atoms with Crippen molar-refractivity contribution in [1.29, 1.82) is 0 Å². The van der Waals surface area contributed by atoms with Crippen LogP contribution in [0.5, 0.6) is 0 Å². The van der Waals surface area contributed by atoms with Crippen molar-refractivity contribution in [1.82, 2.24) is 4.98 Å². The van der Waals surface area contributed by atoms with Crippen LogP contribution in [0.25, 0.3) is 11.3 Å². The summed E-state index contributed by atoms with van der Waals surface area (Å²) in [6.07, 6.45) is 1.59. The molecule has 29 heavy (non-hydrogen) atoms. The average Bonchev–Trinajstić information content (AvgIpc) is 3.38. The summed E-state index contributed by atoms with van der Waals surface area (Å²) in [6.45, 7) is 6.24. The molecule has 0 bridgehead atoms. The number of aryl methyl sites for hydroxylation is 1. The zero-order chi connectivity index (χ0) is 20.2. The van der Waals surface area contributed by atoms with E-state index in [2.05, 4.69) is 53.6 Å². The van der Waals surface area contributed by atoms with E-state index in [0.29, 0.717) is 19.6 Å². The Balaban J connectivity index is 1.48. The molecule has 0 radical (unpaired) electrons. The van der Waals surface area contributed by atoms with Crippen LogP contribution in [-0.4, -0.2) is 24.0 Å². The standard InChI is InChI=1S/C24H27N3O2/c1-3-29-16-18-7-6-17(2)22(15-18)26-23-13-12-21(25-23)19-8-10-20(11-9-19)27-14-4-5-24(27)28/h6-13,15,25-26H,3-5,14,16H2,1-2H3. The summed E-state index contributed by atoms with van der Waals surface area (Å²) in [4.78, 5) is 17.2. The van der Waals surface area contributed by atoms with Crippen LogP contribution in [0.3, 0.4) is 0 Å². The van der Waals surface area contributed by atoms with Crippen LogP contribution in [0.15, 0.2) is 54.6 Å². The molecule has 3 aromatic rings. The Bertz CT molecular complexity index is 992. The minimum Gasteiger partial charge on any atom is -0.377 e. The van der Waals surface area contributed by atoms with Crippen LogP contribution >= 0.6 is 0 Å². The molecule has 1 aromatic heterocycles. The van der Waals surface area contributed by atoms with E-state index in [9.17, 15) is 4.79 Å². The molecule has 0 aliphatic carbocycles. The van der Waals surface area contributed by atoms with Gasteiger partial charge in [-0.2, -0.15) is 0 Å². The number of ether oxygens (including phenoxy) is 1. The van der Waals surface area contributed by atoms with Gasteiger partial charge in [0.15, 0.2) is 0 Å². The van der Waals surface area contributed by atoms with Gasteiger partial charge in [-0.1, -0.05) is 24.3 Å². The van der Waals surface area contributed by atoms with Gasteiger partial charge in [-0.05, 0) is 67.3 Å². The predicted molar refractivity (Wildman–Crippen MR) is 118 cm³/mol. The molecular weight excluding hydrogens is 362 g/mol. The number of rotatable bonds is 7. The predicted octanol–water partition coefficient (Wildman–Crippen LogP) is 5.40. The first kappa shape index (κ1) is 19.3. The summed E-state index contributed by atoms with van der Waals surface area (Å²) in [5.41, 5.74) is 6.51. The number of hydrogen-bond donors (Lipinski definition) is 2. The Hall–Kier alpha value is -3.05. The second-order valence-electron chi connectivity index (χ2n) is 7.39. The maximum atomic E-state index is 11.9. The number of hydrogen-bond acceptors (Lipinski definition) is 3. The molecule has 5 heteroatoms. The summed E-state index contributed by atoms with van der Waals surface area (Å²) < 4.78 is 5.52. The minimum absolute atomic E-state index is 0.214. The number of aromatic amines is 1. The number of amides is 1. The Morgan fingerprint density at radius 3 is 2.66 bits per heavy atom. The molecule has 0 saturated carbocycles. The molecule has 4 rings (SSSR count). The smallest absolute Gasteiger partial charge is 0.227 e. The van der Waals surface area contributed by atoms with Crippen molar-refractivity contribution in [3.8, 4) is 11.3 Å². The van der Waals surface area contributed by atoms with Gasteiger partial charge in [-0.15, -0.1) is 0 Å². The number of anilines is 3. The fraction of sp³-hybridized carbons (Fsp3) is 0.292. The maximum Gasteiger partial charge on any atom is 0.227 e. The van der Waals surface area contributed by atoms with Gasteiger partial charge < -0.3 is 19.9 Å². The van der Waals surface area contributed by atoms with Crippen LogP contribution in [0.4, 0.5) is 17.2 Å². The second-order valence-corrected chi connectivity index (χ2v) is 7.39. The highest BCUT2D eigenvalue weighted by Crippen LogP contribution is 2.28. The fourth-order valence-electron chi connectivity index (χ4n) is 3.64. The van der Waals surface area contributed by atoms with Crippen molar-refractivity contribution in [2.45, 2.75) is 33.3 Å². The third-order valence-electron chi connectivity index (χ3n) is 5.29. The van der Waals surface area contributed by atoms with Crippen LogP contribution in [-0.2, 0) is 16.1 Å². The lowest BCUT2D eigenvalue weighted by Crippen LogP contribution is -2.23. The van der Waals surface area contributed by atoms with E-state index in [-0.39, 0.29) is 5.91 Å². The van der Waals surface area contributed by atoms with Crippen molar-refractivity contribution in [3.63, 3.8) is 0 Å². The maximum absolute atomic E-state index is 11.9. The monoisotopic (exact) mass is 389 g/mol. The largest absolute Gasteiger partial charge is 0.377 e. The molecule has 150 valence electrons. The van der Waals surface area contributed by atoms with E-state index in [4.69, 9.17) is 4.74 Å². The Kier molecular flexibility index (Phi) is 5.67. The van der Waals surface area contributed by atoms with E-state index in [0.717, 1.165) is 47.0 Å². The van der Waals surface area contributed by atoms with Crippen molar-refractivity contribution >= 4 is 23.1 Å². The van der Waals surface area contributed by atoms with E-state index in [1.165, 1.54) is 5.56 Å². The first-order valence-corrected chi connectivity index (χ1v) is 10.2. The lowest BCUT2D eigenvalue weighted by atomic mass is 10.1. The van der Waals surface area contributed by atoms with Crippen LogP contribution in [0, 0.1) is 6.92 Å². The van der Waals surface area contributed by atoms with Crippen LogP contribution in [0.1, 0.15) is 30.9 Å². The highest BCUT2D eigenvalue weighted by Gasteiger charge is 2.21. The fourth-order valence-corrected chi connectivity index (χ4v) is 3.64. The summed E-state index contributed by atoms with van der Waals surface area (Å²) >= 11 is 0. The molecule has 0 spiro atoms. The molecule has 1 aliphatic heterocycles. The number of nitrogens with zero attached hydrogens (tertiary/aromatic N) is 1. The first-order chi connectivity index (χ1) is 14.1. The molecule has 2 aromatic carbocycles. The van der Waals surface area contributed by atoms with Gasteiger partial charge in [0, 0.05) is 36.6 Å². The SMILES string of the molecule is CCOCc1ccc(C)c(Nc2ccc(-c3ccc(N4CCCC4=O)cc3)[nH]2)c1. The zero-order valence-electron chi connectivity index (χ0n) is 17.0. The van der Waals surface area contributed by atoms with E-state index in [1.54, 1.807) is 0 Å². The lowest BCUT2D eigenvalue weighted by Gasteiger charge is -2.15. The summed E-state index contributed by atoms with van der Waals surface area (Å²) in [5, 5.41) is 3.48. The highest BCUT2D eigenvalue weighted by molar-refractivity contribution is 5.95. The van der Waals surface area contributed by atoms with Crippen molar-refractivity contribution < 1.29 is 9.53 Å². The van der Waals surface area contributed by atoms with Gasteiger partial charge in [0.1, 0.15) is 5.82 Å². The van der Waals surface area contributed by atoms with E-state index >= 15 is 0 Å². The summed E-state index contributed by atoms with van der Waals surface area (Å²) in [5.74, 6) is 1.15. The van der Waals surface area contributed by atoms with Gasteiger partial charge in [0.2, 0.25) is 5.91 Å². The van der Waals surface area contributed by atoms with Gasteiger partial charge >= 0.3 is 0 Å². The van der Waals surface area contributed by atoms with Gasteiger partial charge in [-0.3, -0.25) is 4.79 Å². The summed E-state index contributed by atoms with van der Waals surface area (Å²) in [6, 6.07) is 18.6. The molecule has 0 atom stereocenters. The number of aromatic nitrogens is 1. The molecule has 1 amide bonds. The van der Waals surface area contributed by atoms with Crippen molar-refractivity contribution in [2.75, 3.05) is 23.4 Å². The molecule has 5 nitrogen and oxygen atoms in total. The van der Waals surface area contributed by atoms with Crippen LogP contribution < -0.4 is 10.2 Å². The molecule has 2 heterocycles. The quantitative estimate of drug-likeness (QED) is 0.569. The van der Waals surface area contributed by atoms with E-state index < -0.39 is 0 Å². The topological polar surface area (TPSA) is 57.4 Å². The second kappa shape index (κ2) is 8.53. The highest BCUT2D eigenvalue weighted by atomic mass is 16.5. The number of nitrogens with one attached hydrogen (secondary N) is 2. The Morgan fingerprint density at radius 2 is 1.93 bits per heavy atom. The third-order valence-corrected chi connectivity index (χ3v) is 5.29. The van der Waals surface area contributed by atoms with Gasteiger partial charge in [-0.25, -0.2) is 0 Å². The zero-order valence-corrected chi connectivity index (χ0v) is 17.0. The first-order valence-electron chi connectivity index (χ1n) is 10.2. The number of carbonyl (C=O) groups excluding carboxylic acids is 1. The molecular formula is C24H27N3O2. The molecule has 1 aliphatic rings. The minimum atomic E-state index is 0.214. The molecule has 0 unspecified atom stereocenters. The molecule has 1 saturated heterocycles. The number of benzene rings is 2. The Morgan fingerprint density at radius 1 is 1.10 bits per heavy atom. The van der Waals surface area contributed by atoms with Crippen molar-refractivity contribution in [2.24, 2.45) is 0 Å². The summed E-state index contributed by atoms with van der Waals surface area (Å²) in [7, 11) is 0. The van der Waals surface area contributed by atoms with Crippen molar-refractivity contribution in [3.05, 3.63) is 65.7 Å². The molecule has 2 N–H and O–H groups in total. The van der Waals surface area contributed by atoms with Crippen LogP contribution in [0.2, 0.25) is 0 Å². The Labute approximate surface area is 171 Å². The number of carbonyl (C=O) groups is 1.